The summed E-state index contributed by atoms with van der Waals surface area (Å²) < 4.78 is 13.5. The first-order chi connectivity index (χ1) is 12.0. The molecule has 0 aliphatic carbocycles. The average molecular weight is 372 g/mol. The van der Waals surface area contributed by atoms with Gasteiger partial charge in [-0.1, -0.05) is 42.1 Å². The Balaban J connectivity index is 1.80. The van der Waals surface area contributed by atoms with Gasteiger partial charge in [0.15, 0.2) is 4.32 Å². The van der Waals surface area contributed by atoms with Crippen LogP contribution in [0.5, 0.6) is 0 Å². The van der Waals surface area contributed by atoms with Crippen LogP contribution in [0.2, 0.25) is 0 Å². The summed E-state index contributed by atoms with van der Waals surface area (Å²) >= 11 is 6.23. The van der Waals surface area contributed by atoms with Crippen LogP contribution in [0.25, 0.3) is 6.08 Å². The molecule has 2 amide bonds. The first-order valence-corrected chi connectivity index (χ1v) is 8.58. The number of benzene rings is 2. The third-order valence-electron chi connectivity index (χ3n) is 3.54. The first kappa shape index (κ1) is 17.3. The number of aryl methyl sites for hydroxylation is 1. The minimum absolute atomic E-state index is 0.217. The molecule has 0 spiro atoms. The maximum Gasteiger partial charge on any atom is 0.285 e. The number of rotatable bonds is 3. The summed E-state index contributed by atoms with van der Waals surface area (Å²) in [6.45, 7) is 1.81. The summed E-state index contributed by atoms with van der Waals surface area (Å²) in [6.07, 6.45) is 1.54. The lowest BCUT2D eigenvalue weighted by Gasteiger charge is -2.16. The van der Waals surface area contributed by atoms with Crippen LogP contribution < -0.4 is 5.43 Å². The van der Waals surface area contributed by atoms with Gasteiger partial charge in [0.1, 0.15) is 5.82 Å². The van der Waals surface area contributed by atoms with Gasteiger partial charge in [0.25, 0.3) is 11.8 Å². The second-order valence-corrected chi connectivity index (χ2v) is 7.00. The number of hydrazine groups is 1. The van der Waals surface area contributed by atoms with E-state index in [1.165, 1.54) is 12.1 Å². The van der Waals surface area contributed by atoms with Crippen LogP contribution in [0.15, 0.2) is 53.4 Å². The molecule has 0 aromatic heterocycles. The maximum absolute atomic E-state index is 13.3. The van der Waals surface area contributed by atoms with Crippen molar-refractivity contribution in [2.45, 2.75) is 6.92 Å². The molecule has 1 saturated heterocycles. The lowest BCUT2D eigenvalue weighted by atomic mass is 10.1. The molecule has 1 heterocycles. The molecular weight excluding hydrogens is 359 g/mol. The van der Waals surface area contributed by atoms with Crippen molar-refractivity contribution in [2.75, 3.05) is 0 Å². The second-order valence-electron chi connectivity index (χ2n) is 5.33. The van der Waals surface area contributed by atoms with E-state index >= 15 is 0 Å². The van der Waals surface area contributed by atoms with Crippen LogP contribution in [0, 0.1) is 12.7 Å². The number of thiocarbonyl (C=S) groups is 1. The standard InChI is InChI=1S/C18H13FN2O2S2/c1-11-5-2-3-8-14(11)16(22)20-21-17(23)15(25-18(21)24)10-12-6-4-7-13(19)9-12/h2-10H,1H3,(H,20,22)/b15-10+. The summed E-state index contributed by atoms with van der Waals surface area (Å²) in [6, 6.07) is 12.9. The van der Waals surface area contributed by atoms with Crippen LogP contribution in [-0.4, -0.2) is 21.1 Å². The molecular formula is C18H13FN2O2S2. The van der Waals surface area contributed by atoms with Gasteiger partial charge in [-0.3, -0.25) is 15.0 Å². The van der Waals surface area contributed by atoms with E-state index in [9.17, 15) is 14.0 Å². The number of nitrogens with one attached hydrogen (secondary N) is 1. The van der Waals surface area contributed by atoms with Crippen LogP contribution in [0.1, 0.15) is 21.5 Å². The average Bonchev–Trinajstić information content (AvgIpc) is 2.83. The van der Waals surface area contributed by atoms with Crippen molar-refractivity contribution in [2.24, 2.45) is 0 Å². The van der Waals surface area contributed by atoms with E-state index in [1.807, 2.05) is 19.1 Å². The minimum atomic E-state index is -0.443. The predicted molar refractivity (Wildman–Crippen MR) is 100 cm³/mol. The zero-order valence-corrected chi connectivity index (χ0v) is 14.8. The number of halogens is 1. The zero-order valence-electron chi connectivity index (χ0n) is 13.2. The normalized spacial score (nSPS) is 15.8. The van der Waals surface area contributed by atoms with Gasteiger partial charge < -0.3 is 0 Å². The van der Waals surface area contributed by atoms with Gasteiger partial charge >= 0.3 is 0 Å². The Morgan fingerprint density at radius 3 is 2.72 bits per heavy atom. The monoisotopic (exact) mass is 372 g/mol. The first-order valence-electron chi connectivity index (χ1n) is 7.36. The summed E-state index contributed by atoms with van der Waals surface area (Å²) in [5, 5.41) is 1.04. The number of amides is 2. The Kier molecular flexibility index (Phi) is 4.96. The Hall–Kier alpha value is -2.51. The molecule has 3 rings (SSSR count). The molecule has 2 aromatic carbocycles. The fourth-order valence-corrected chi connectivity index (χ4v) is 3.48. The van der Waals surface area contributed by atoms with Gasteiger partial charge in [-0.15, -0.1) is 0 Å². The molecule has 0 saturated carbocycles. The Labute approximate surface area is 153 Å². The van der Waals surface area contributed by atoms with Crippen molar-refractivity contribution >= 4 is 46.2 Å². The Bertz CT molecular complexity index is 911. The van der Waals surface area contributed by atoms with Gasteiger partial charge in [-0.05, 0) is 54.5 Å². The van der Waals surface area contributed by atoms with E-state index in [0.29, 0.717) is 16.0 Å². The van der Waals surface area contributed by atoms with Gasteiger partial charge in [-0.25, -0.2) is 4.39 Å². The molecule has 0 radical (unpaired) electrons. The minimum Gasteiger partial charge on any atom is -0.267 e. The third kappa shape index (κ3) is 3.78. The highest BCUT2D eigenvalue weighted by Crippen LogP contribution is 2.31. The number of nitrogens with zero attached hydrogens (tertiary/aromatic N) is 1. The molecule has 0 bridgehead atoms. The van der Waals surface area contributed by atoms with E-state index in [1.54, 1.807) is 30.3 Å². The van der Waals surface area contributed by atoms with Gasteiger partial charge in [0.05, 0.1) is 4.91 Å². The van der Waals surface area contributed by atoms with Crippen molar-refractivity contribution in [1.29, 1.82) is 0 Å². The summed E-state index contributed by atoms with van der Waals surface area (Å²) in [5.41, 5.74) is 4.33. The summed E-state index contributed by atoms with van der Waals surface area (Å²) in [4.78, 5) is 25.2. The zero-order chi connectivity index (χ0) is 18.0. The van der Waals surface area contributed by atoms with Crippen LogP contribution in [-0.2, 0) is 4.79 Å². The van der Waals surface area contributed by atoms with Crippen LogP contribution in [0.4, 0.5) is 4.39 Å². The number of hydrogen-bond donors (Lipinski definition) is 1. The lowest BCUT2D eigenvalue weighted by Crippen LogP contribution is -2.45. The third-order valence-corrected chi connectivity index (χ3v) is 4.85. The van der Waals surface area contributed by atoms with Crippen LogP contribution >= 0.6 is 24.0 Å². The largest absolute Gasteiger partial charge is 0.285 e. The van der Waals surface area contributed by atoms with Crippen molar-refractivity contribution < 1.29 is 14.0 Å². The topological polar surface area (TPSA) is 49.4 Å². The van der Waals surface area contributed by atoms with E-state index in [2.05, 4.69) is 5.43 Å². The van der Waals surface area contributed by atoms with Gasteiger partial charge in [-0.2, -0.15) is 5.01 Å². The lowest BCUT2D eigenvalue weighted by molar-refractivity contribution is -0.123. The van der Waals surface area contributed by atoms with E-state index < -0.39 is 17.6 Å². The molecule has 1 N–H and O–H groups in total. The smallest absolute Gasteiger partial charge is 0.267 e. The molecule has 1 fully saturated rings. The molecule has 126 valence electrons. The van der Waals surface area contributed by atoms with Gasteiger partial charge in [0.2, 0.25) is 0 Å². The van der Waals surface area contributed by atoms with Crippen molar-refractivity contribution in [3.05, 3.63) is 75.9 Å². The van der Waals surface area contributed by atoms with Gasteiger partial charge in [0, 0.05) is 5.56 Å². The summed E-state index contributed by atoms with van der Waals surface area (Å²) in [7, 11) is 0. The SMILES string of the molecule is Cc1ccccc1C(=O)NN1C(=O)/C(=C\c2cccc(F)c2)SC1=S. The molecule has 25 heavy (non-hydrogen) atoms. The molecule has 4 nitrogen and oxygen atoms in total. The highest BCUT2D eigenvalue weighted by Gasteiger charge is 2.33. The molecule has 0 atom stereocenters. The van der Waals surface area contributed by atoms with E-state index in [0.717, 1.165) is 22.3 Å². The second kappa shape index (κ2) is 7.16. The van der Waals surface area contributed by atoms with E-state index in [-0.39, 0.29) is 4.32 Å². The quantitative estimate of drug-likeness (QED) is 0.660. The Morgan fingerprint density at radius 1 is 1.24 bits per heavy atom. The number of thioether (sulfide) groups is 1. The fourth-order valence-electron chi connectivity index (χ4n) is 2.30. The number of carbonyl (C=O) groups is 2. The Morgan fingerprint density at radius 2 is 2.00 bits per heavy atom. The molecule has 7 heteroatoms. The molecule has 1 aliphatic heterocycles. The highest BCUT2D eigenvalue weighted by atomic mass is 32.2. The molecule has 1 aliphatic rings. The number of hydrogen-bond acceptors (Lipinski definition) is 4. The fraction of sp³-hybridized carbons (Fsp3) is 0.0556. The summed E-state index contributed by atoms with van der Waals surface area (Å²) in [5.74, 6) is -1.25. The van der Waals surface area contributed by atoms with Crippen LogP contribution in [0.3, 0.4) is 0 Å². The maximum atomic E-state index is 13.3. The van der Waals surface area contributed by atoms with Crippen molar-refractivity contribution in [1.82, 2.24) is 10.4 Å². The number of carbonyl (C=O) groups excluding carboxylic acids is 2. The molecule has 0 unspecified atom stereocenters. The van der Waals surface area contributed by atoms with E-state index in [4.69, 9.17) is 12.2 Å². The predicted octanol–water partition coefficient (Wildman–Crippen LogP) is 3.68. The van der Waals surface area contributed by atoms with Crippen molar-refractivity contribution in [3.63, 3.8) is 0 Å². The van der Waals surface area contributed by atoms with Crippen molar-refractivity contribution in [3.8, 4) is 0 Å². The highest BCUT2D eigenvalue weighted by molar-refractivity contribution is 8.26. The molecule has 2 aromatic rings.